The fourth-order valence-corrected chi connectivity index (χ4v) is 2.53. The van der Waals surface area contributed by atoms with Gasteiger partial charge in [-0.05, 0) is 42.8 Å². The second kappa shape index (κ2) is 6.29. The van der Waals surface area contributed by atoms with Crippen molar-refractivity contribution in [3.05, 3.63) is 70.5 Å². The number of halogens is 2. The zero-order chi connectivity index (χ0) is 16.4. The summed E-state index contributed by atoms with van der Waals surface area (Å²) in [5.74, 6) is -0.840. The third kappa shape index (κ3) is 3.29. The molecule has 1 N–H and O–H groups in total. The van der Waals surface area contributed by atoms with E-state index in [4.69, 9.17) is 0 Å². The number of hydrogen-bond donors (Lipinski definition) is 1. The Morgan fingerprint density at radius 1 is 1.26 bits per heavy atom. The van der Waals surface area contributed by atoms with Gasteiger partial charge in [0.1, 0.15) is 18.5 Å². The molecule has 0 bridgehead atoms. The van der Waals surface area contributed by atoms with Gasteiger partial charge in [-0.3, -0.25) is 4.79 Å². The van der Waals surface area contributed by atoms with Crippen LogP contribution < -0.4 is 5.32 Å². The number of anilines is 1. The highest BCUT2D eigenvalue weighted by Gasteiger charge is 2.14. The minimum atomic E-state index is -0.452. The van der Waals surface area contributed by atoms with Crippen LogP contribution in [0.3, 0.4) is 0 Å². The van der Waals surface area contributed by atoms with Crippen molar-refractivity contribution >= 4 is 27.5 Å². The van der Waals surface area contributed by atoms with Gasteiger partial charge in [-0.2, -0.15) is 5.10 Å². The standard InChI is InChI=1S/C16H12BrFN4O/c1-10-2-4-12(18)7-13(10)16(23)21-14-6-11(17)3-5-15(14)22-9-19-8-20-22/h2-9H,1H3,(H,21,23). The average Bonchev–Trinajstić information content (AvgIpc) is 3.04. The van der Waals surface area contributed by atoms with E-state index in [0.29, 0.717) is 16.9 Å². The van der Waals surface area contributed by atoms with Crippen LogP contribution >= 0.6 is 15.9 Å². The lowest BCUT2D eigenvalue weighted by molar-refractivity contribution is 0.102. The van der Waals surface area contributed by atoms with Crippen LogP contribution in [0.1, 0.15) is 15.9 Å². The van der Waals surface area contributed by atoms with E-state index in [1.165, 1.54) is 24.8 Å². The van der Waals surface area contributed by atoms with Crippen molar-refractivity contribution in [1.29, 1.82) is 0 Å². The molecule has 0 atom stereocenters. The highest BCUT2D eigenvalue weighted by Crippen LogP contribution is 2.25. The highest BCUT2D eigenvalue weighted by molar-refractivity contribution is 9.10. The number of carbonyl (C=O) groups is 1. The summed E-state index contributed by atoms with van der Waals surface area (Å²) in [7, 11) is 0. The summed E-state index contributed by atoms with van der Waals surface area (Å²) in [4.78, 5) is 16.4. The molecule has 0 saturated heterocycles. The summed E-state index contributed by atoms with van der Waals surface area (Å²) in [6.07, 6.45) is 2.94. The van der Waals surface area contributed by atoms with Gasteiger partial charge in [0.2, 0.25) is 0 Å². The maximum atomic E-state index is 13.4. The van der Waals surface area contributed by atoms with Gasteiger partial charge in [-0.1, -0.05) is 22.0 Å². The van der Waals surface area contributed by atoms with Gasteiger partial charge >= 0.3 is 0 Å². The molecular formula is C16H12BrFN4O. The van der Waals surface area contributed by atoms with E-state index in [-0.39, 0.29) is 11.5 Å². The topological polar surface area (TPSA) is 59.8 Å². The smallest absolute Gasteiger partial charge is 0.256 e. The molecule has 0 unspecified atom stereocenters. The Morgan fingerprint density at radius 2 is 2.09 bits per heavy atom. The van der Waals surface area contributed by atoms with Gasteiger partial charge in [-0.25, -0.2) is 14.1 Å². The number of nitrogens with zero attached hydrogens (tertiary/aromatic N) is 3. The van der Waals surface area contributed by atoms with Crippen molar-refractivity contribution < 1.29 is 9.18 Å². The molecule has 7 heteroatoms. The SMILES string of the molecule is Cc1ccc(F)cc1C(=O)Nc1cc(Br)ccc1-n1cncn1. The first-order valence-corrected chi connectivity index (χ1v) is 7.56. The molecule has 3 aromatic rings. The molecular weight excluding hydrogens is 363 g/mol. The second-order valence-corrected chi connectivity index (χ2v) is 5.83. The third-order valence-corrected chi connectivity index (χ3v) is 3.81. The van der Waals surface area contributed by atoms with Crippen LogP contribution in [0, 0.1) is 12.7 Å². The number of aryl methyl sites for hydroxylation is 1. The molecule has 3 rings (SSSR count). The van der Waals surface area contributed by atoms with Crippen molar-refractivity contribution in [1.82, 2.24) is 14.8 Å². The van der Waals surface area contributed by atoms with Crippen LogP contribution in [0.15, 0.2) is 53.5 Å². The Labute approximate surface area is 140 Å². The van der Waals surface area contributed by atoms with E-state index < -0.39 is 5.82 Å². The number of amides is 1. The quantitative estimate of drug-likeness (QED) is 0.759. The van der Waals surface area contributed by atoms with Gasteiger partial charge in [-0.15, -0.1) is 0 Å². The number of aromatic nitrogens is 3. The van der Waals surface area contributed by atoms with E-state index >= 15 is 0 Å². The molecule has 0 aliphatic rings. The van der Waals surface area contributed by atoms with Crippen LogP contribution in [0.2, 0.25) is 0 Å². The molecule has 1 heterocycles. The van der Waals surface area contributed by atoms with Crippen molar-refractivity contribution in [3.63, 3.8) is 0 Å². The van der Waals surface area contributed by atoms with Gasteiger partial charge in [0.05, 0.1) is 11.4 Å². The largest absolute Gasteiger partial charge is 0.320 e. The molecule has 0 fully saturated rings. The number of nitrogens with one attached hydrogen (secondary N) is 1. The summed E-state index contributed by atoms with van der Waals surface area (Å²) in [6, 6.07) is 9.50. The summed E-state index contributed by atoms with van der Waals surface area (Å²) in [5.41, 5.74) is 2.18. The minimum Gasteiger partial charge on any atom is -0.320 e. The molecule has 2 aromatic carbocycles. The first kappa shape index (κ1) is 15.4. The van der Waals surface area contributed by atoms with Gasteiger partial charge in [0, 0.05) is 10.0 Å². The lowest BCUT2D eigenvalue weighted by Crippen LogP contribution is -2.15. The Morgan fingerprint density at radius 3 is 2.83 bits per heavy atom. The lowest BCUT2D eigenvalue weighted by atomic mass is 10.1. The number of hydrogen-bond acceptors (Lipinski definition) is 3. The van der Waals surface area contributed by atoms with Gasteiger partial charge < -0.3 is 5.32 Å². The van der Waals surface area contributed by atoms with Crippen molar-refractivity contribution in [2.24, 2.45) is 0 Å². The first-order chi connectivity index (χ1) is 11.0. The summed E-state index contributed by atoms with van der Waals surface area (Å²) >= 11 is 3.38. The monoisotopic (exact) mass is 374 g/mol. The Balaban J connectivity index is 1.98. The number of benzene rings is 2. The van der Waals surface area contributed by atoms with E-state index in [9.17, 15) is 9.18 Å². The van der Waals surface area contributed by atoms with Crippen LogP contribution in [-0.4, -0.2) is 20.7 Å². The van der Waals surface area contributed by atoms with Gasteiger partial charge in [0.15, 0.2) is 0 Å². The third-order valence-electron chi connectivity index (χ3n) is 3.32. The maximum Gasteiger partial charge on any atom is 0.256 e. The summed E-state index contributed by atoms with van der Waals surface area (Å²) in [5, 5.41) is 6.87. The molecule has 23 heavy (non-hydrogen) atoms. The van der Waals surface area contributed by atoms with Crippen molar-refractivity contribution in [2.45, 2.75) is 6.92 Å². The van der Waals surface area contributed by atoms with Gasteiger partial charge in [0.25, 0.3) is 5.91 Å². The summed E-state index contributed by atoms with van der Waals surface area (Å²) in [6.45, 7) is 1.76. The van der Waals surface area contributed by atoms with E-state index in [0.717, 1.165) is 4.47 Å². The van der Waals surface area contributed by atoms with Crippen LogP contribution in [0.25, 0.3) is 5.69 Å². The molecule has 0 saturated carbocycles. The Bertz CT molecular complexity index is 865. The molecule has 0 radical (unpaired) electrons. The molecule has 0 aliphatic heterocycles. The zero-order valence-electron chi connectivity index (χ0n) is 12.1. The average molecular weight is 375 g/mol. The van der Waals surface area contributed by atoms with E-state index in [2.05, 4.69) is 31.3 Å². The van der Waals surface area contributed by atoms with Crippen LogP contribution in [-0.2, 0) is 0 Å². The lowest BCUT2D eigenvalue weighted by Gasteiger charge is -2.12. The fraction of sp³-hybridized carbons (Fsp3) is 0.0625. The predicted octanol–water partition coefficient (Wildman–Crippen LogP) is 3.73. The molecule has 116 valence electrons. The molecule has 5 nitrogen and oxygen atoms in total. The second-order valence-electron chi connectivity index (χ2n) is 4.91. The van der Waals surface area contributed by atoms with Crippen LogP contribution in [0.5, 0.6) is 0 Å². The minimum absolute atomic E-state index is 0.287. The van der Waals surface area contributed by atoms with Crippen molar-refractivity contribution in [3.8, 4) is 5.69 Å². The Hall–Kier alpha value is -2.54. The zero-order valence-corrected chi connectivity index (χ0v) is 13.7. The maximum absolute atomic E-state index is 13.4. The molecule has 0 aliphatic carbocycles. The fourth-order valence-electron chi connectivity index (χ4n) is 2.17. The molecule has 1 amide bonds. The number of rotatable bonds is 3. The first-order valence-electron chi connectivity index (χ1n) is 6.76. The number of carbonyl (C=O) groups excluding carboxylic acids is 1. The normalized spacial score (nSPS) is 10.6. The molecule has 0 spiro atoms. The van der Waals surface area contributed by atoms with E-state index in [1.54, 1.807) is 29.8 Å². The highest BCUT2D eigenvalue weighted by atomic mass is 79.9. The summed E-state index contributed by atoms with van der Waals surface area (Å²) < 4.78 is 15.7. The van der Waals surface area contributed by atoms with Crippen LogP contribution in [0.4, 0.5) is 10.1 Å². The molecule has 1 aromatic heterocycles. The predicted molar refractivity (Wildman–Crippen MR) is 88.1 cm³/mol. The Kier molecular flexibility index (Phi) is 4.20. The van der Waals surface area contributed by atoms with E-state index in [1.807, 2.05) is 6.07 Å². The van der Waals surface area contributed by atoms with Crippen molar-refractivity contribution in [2.75, 3.05) is 5.32 Å².